The van der Waals surface area contributed by atoms with Crippen molar-refractivity contribution in [2.24, 2.45) is 0 Å². The predicted octanol–water partition coefficient (Wildman–Crippen LogP) is 2.19. The van der Waals surface area contributed by atoms with Crippen LogP contribution in [0.4, 0.5) is 0 Å². The number of aliphatic hydroxyl groups is 1. The van der Waals surface area contributed by atoms with Crippen LogP contribution in [0.1, 0.15) is 29.5 Å². The minimum absolute atomic E-state index is 0.0278. The van der Waals surface area contributed by atoms with Crippen molar-refractivity contribution in [3.8, 4) is 0 Å². The van der Waals surface area contributed by atoms with Crippen molar-refractivity contribution < 1.29 is 19.1 Å². The number of benzene rings is 1. The molecule has 2 rings (SSSR count). The molecule has 2 aromatic rings. The molecule has 7 heteroatoms. The van der Waals surface area contributed by atoms with Gasteiger partial charge in [0.05, 0.1) is 12.8 Å². The first-order chi connectivity index (χ1) is 11.4. The molecule has 0 bridgehead atoms. The summed E-state index contributed by atoms with van der Waals surface area (Å²) in [4.78, 5) is 23.7. The molecule has 0 radical (unpaired) electrons. The molecule has 6 nitrogen and oxygen atoms in total. The number of hydrogen-bond donors (Lipinski definition) is 3. The second kappa shape index (κ2) is 8.12. The summed E-state index contributed by atoms with van der Waals surface area (Å²) < 4.78 is 6.03. The van der Waals surface area contributed by atoms with E-state index < -0.39 is 5.60 Å². The van der Waals surface area contributed by atoms with Gasteiger partial charge in [-0.05, 0) is 43.3 Å². The number of carbonyl (C=O) groups is 2. The van der Waals surface area contributed by atoms with E-state index in [-0.39, 0.29) is 31.3 Å². The minimum Gasteiger partial charge on any atom is -0.466 e. The number of nitrogens with one attached hydrogen (secondary N) is 2. The smallest absolute Gasteiger partial charge is 0.251 e. The lowest BCUT2D eigenvalue weighted by atomic mass is 10.0. The van der Waals surface area contributed by atoms with E-state index >= 15 is 0 Å². The second-order valence-corrected chi connectivity index (χ2v) is 6.46. The van der Waals surface area contributed by atoms with Gasteiger partial charge >= 0.3 is 0 Å². The fourth-order valence-electron chi connectivity index (χ4n) is 2.02. The normalized spacial score (nSPS) is 13.1. The molecule has 0 aliphatic rings. The van der Waals surface area contributed by atoms with Crippen molar-refractivity contribution in [2.75, 3.05) is 13.1 Å². The van der Waals surface area contributed by atoms with Crippen molar-refractivity contribution >= 4 is 27.7 Å². The zero-order chi connectivity index (χ0) is 17.6. The van der Waals surface area contributed by atoms with Crippen molar-refractivity contribution in [1.82, 2.24) is 10.6 Å². The first-order valence-electron chi connectivity index (χ1n) is 7.45. The summed E-state index contributed by atoms with van der Waals surface area (Å²) in [5.74, 6) is -0.123. The summed E-state index contributed by atoms with van der Waals surface area (Å²) in [5.41, 5.74) is -0.751. The van der Waals surface area contributed by atoms with Crippen LogP contribution < -0.4 is 10.6 Å². The van der Waals surface area contributed by atoms with E-state index in [2.05, 4.69) is 26.6 Å². The summed E-state index contributed by atoms with van der Waals surface area (Å²) in [6, 6.07) is 10.3. The van der Waals surface area contributed by atoms with Gasteiger partial charge in [0.15, 0.2) is 0 Å². The summed E-state index contributed by atoms with van der Waals surface area (Å²) in [7, 11) is 0. The number of hydrogen-bond acceptors (Lipinski definition) is 4. The average molecular weight is 395 g/mol. The number of furan rings is 1. The molecule has 0 unspecified atom stereocenters. The zero-order valence-corrected chi connectivity index (χ0v) is 14.8. The molecule has 1 aromatic carbocycles. The Labute approximate surface area is 148 Å². The third kappa shape index (κ3) is 5.21. The van der Waals surface area contributed by atoms with Crippen LogP contribution in [0.15, 0.2) is 51.6 Å². The molecule has 0 fully saturated rings. The molecular formula is C17H19BrN2O4. The molecule has 1 atom stereocenters. The minimum atomic E-state index is -1.28. The molecule has 0 saturated carbocycles. The van der Waals surface area contributed by atoms with Crippen LogP contribution >= 0.6 is 15.9 Å². The Bertz CT molecular complexity index is 681. The van der Waals surface area contributed by atoms with E-state index in [1.54, 1.807) is 43.3 Å². The molecule has 0 saturated heterocycles. The van der Waals surface area contributed by atoms with Gasteiger partial charge in [-0.15, -0.1) is 0 Å². The molecule has 128 valence electrons. The van der Waals surface area contributed by atoms with Gasteiger partial charge in [0.2, 0.25) is 5.91 Å². The molecular weight excluding hydrogens is 376 g/mol. The van der Waals surface area contributed by atoms with Gasteiger partial charge < -0.3 is 20.2 Å². The maximum atomic E-state index is 11.9. The molecule has 1 heterocycles. The quantitative estimate of drug-likeness (QED) is 0.670. The van der Waals surface area contributed by atoms with Gasteiger partial charge in [0.1, 0.15) is 11.4 Å². The topological polar surface area (TPSA) is 91.6 Å². The van der Waals surface area contributed by atoms with Gasteiger partial charge in [-0.1, -0.05) is 15.9 Å². The molecule has 2 amide bonds. The van der Waals surface area contributed by atoms with Crippen LogP contribution in [-0.4, -0.2) is 30.0 Å². The number of halogens is 1. The second-order valence-electron chi connectivity index (χ2n) is 5.54. The maximum Gasteiger partial charge on any atom is 0.251 e. The van der Waals surface area contributed by atoms with E-state index in [1.165, 1.54) is 6.26 Å². The zero-order valence-electron chi connectivity index (χ0n) is 13.2. The van der Waals surface area contributed by atoms with Crippen LogP contribution in [0.3, 0.4) is 0 Å². The molecule has 0 spiro atoms. The molecule has 24 heavy (non-hydrogen) atoms. The molecule has 3 N–H and O–H groups in total. The average Bonchev–Trinajstić information content (AvgIpc) is 3.09. The maximum absolute atomic E-state index is 11.9. The van der Waals surface area contributed by atoms with Crippen LogP contribution in [0.2, 0.25) is 0 Å². The molecule has 0 aliphatic carbocycles. The Kier molecular flexibility index (Phi) is 6.16. The van der Waals surface area contributed by atoms with Crippen LogP contribution in [0.25, 0.3) is 0 Å². The van der Waals surface area contributed by atoms with Gasteiger partial charge in [-0.2, -0.15) is 0 Å². The van der Waals surface area contributed by atoms with Gasteiger partial charge in [0, 0.05) is 23.0 Å². The fraction of sp³-hybridized carbons (Fsp3) is 0.294. The lowest BCUT2D eigenvalue weighted by Gasteiger charge is -2.21. The monoisotopic (exact) mass is 394 g/mol. The van der Waals surface area contributed by atoms with E-state index in [0.29, 0.717) is 11.3 Å². The van der Waals surface area contributed by atoms with Crippen LogP contribution in [0, 0.1) is 0 Å². The summed E-state index contributed by atoms with van der Waals surface area (Å²) in [5, 5.41) is 15.5. The fourth-order valence-corrected chi connectivity index (χ4v) is 2.29. The third-order valence-electron chi connectivity index (χ3n) is 3.43. The largest absolute Gasteiger partial charge is 0.466 e. The third-order valence-corrected chi connectivity index (χ3v) is 3.95. The highest BCUT2D eigenvalue weighted by Gasteiger charge is 2.26. The van der Waals surface area contributed by atoms with E-state index in [4.69, 9.17) is 4.42 Å². The number of carbonyl (C=O) groups excluding carboxylic acids is 2. The van der Waals surface area contributed by atoms with E-state index in [0.717, 1.165) is 4.47 Å². The summed E-state index contributed by atoms with van der Waals surface area (Å²) >= 11 is 3.30. The Morgan fingerprint density at radius 2 is 1.92 bits per heavy atom. The standard InChI is InChI=1S/C17H19BrN2O4/c1-17(23,14-3-2-10-24-14)11-20-15(21)8-9-19-16(22)12-4-6-13(18)7-5-12/h2-7,10,23H,8-9,11H2,1H3,(H,19,22)(H,20,21)/t17-/m1/s1. The van der Waals surface area contributed by atoms with Gasteiger partial charge in [0.25, 0.3) is 5.91 Å². The van der Waals surface area contributed by atoms with E-state index in [1.807, 2.05) is 0 Å². The highest BCUT2D eigenvalue weighted by molar-refractivity contribution is 9.10. The van der Waals surface area contributed by atoms with Crippen LogP contribution in [-0.2, 0) is 10.4 Å². The SMILES string of the molecule is C[C@@](O)(CNC(=O)CCNC(=O)c1ccc(Br)cc1)c1ccco1. The Balaban J connectivity index is 1.71. The Morgan fingerprint density at radius 3 is 2.54 bits per heavy atom. The summed E-state index contributed by atoms with van der Waals surface area (Å²) in [6.45, 7) is 1.80. The predicted molar refractivity (Wildman–Crippen MR) is 92.4 cm³/mol. The number of rotatable bonds is 7. The highest BCUT2D eigenvalue weighted by Crippen LogP contribution is 2.19. The Hall–Kier alpha value is -2.12. The summed E-state index contributed by atoms with van der Waals surface area (Å²) in [6.07, 6.45) is 1.58. The van der Waals surface area contributed by atoms with Gasteiger partial charge in [-0.3, -0.25) is 9.59 Å². The van der Waals surface area contributed by atoms with E-state index in [9.17, 15) is 14.7 Å². The van der Waals surface area contributed by atoms with Crippen molar-refractivity contribution in [2.45, 2.75) is 18.9 Å². The molecule has 1 aromatic heterocycles. The Morgan fingerprint density at radius 1 is 1.21 bits per heavy atom. The lowest BCUT2D eigenvalue weighted by molar-refractivity contribution is -0.122. The van der Waals surface area contributed by atoms with Gasteiger partial charge in [-0.25, -0.2) is 0 Å². The van der Waals surface area contributed by atoms with Crippen molar-refractivity contribution in [3.05, 3.63) is 58.5 Å². The van der Waals surface area contributed by atoms with Crippen LogP contribution in [0.5, 0.6) is 0 Å². The van der Waals surface area contributed by atoms with Crippen molar-refractivity contribution in [3.63, 3.8) is 0 Å². The molecule has 0 aliphatic heterocycles. The first kappa shape index (κ1) is 18.2. The lowest BCUT2D eigenvalue weighted by Crippen LogP contribution is -2.39. The van der Waals surface area contributed by atoms with Crippen molar-refractivity contribution in [1.29, 1.82) is 0 Å². The first-order valence-corrected chi connectivity index (χ1v) is 8.24. The highest BCUT2D eigenvalue weighted by atomic mass is 79.9. The number of amides is 2.